The second-order valence-corrected chi connectivity index (χ2v) is 7.49. The monoisotopic (exact) mass is 346 g/mol. The topological polar surface area (TPSA) is 90.4 Å². The smallest absolute Gasteiger partial charge is 0.336 e. The lowest BCUT2D eigenvalue weighted by Crippen LogP contribution is -2.42. The van der Waals surface area contributed by atoms with Crippen molar-refractivity contribution in [1.29, 1.82) is 0 Å². The van der Waals surface area contributed by atoms with Gasteiger partial charge in [0.15, 0.2) is 11.5 Å². The lowest BCUT2D eigenvalue weighted by molar-refractivity contribution is 0.189. The second-order valence-electron chi connectivity index (χ2n) is 7.49. The van der Waals surface area contributed by atoms with Crippen LogP contribution in [0.15, 0.2) is 6.20 Å². The number of aromatic nitrogens is 4. The summed E-state index contributed by atoms with van der Waals surface area (Å²) in [5.74, 6) is 0.984. The lowest BCUT2D eigenvalue weighted by Gasteiger charge is -2.32. The summed E-state index contributed by atoms with van der Waals surface area (Å²) in [6.07, 6.45) is 7.23. The zero-order valence-electron chi connectivity index (χ0n) is 15.7. The summed E-state index contributed by atoms with van der Waals surface area (Å²) >= 11 is 0. The molecular formula is C18H30N6O. The van der Waals surface area contributed by atoms with Crippen LogP contribution in [-0.2, 0) is 6.42 Å². The zero-order valence-corrected chi connectivity index (χ0v) is 15.7. The summed E-state index contributed by atoms with van der Waals surface area (Å²) in [4.78, 5) is 8.68. The van der Waals surface area contributed by atoms with Crippen molar-refractivity contribution in [3.63, 3.8) is 0 Å². The number of anilines is 1. The van der Waals surface area contributed by atoms with Crippen molar-refractivity contribution in [3.05, 3.63) is 11.9 Å². The van der Waals surface area contributed by atoms with E-state index < -0.39 is 0 Å². The minimum Gasteiger partial charge on any atom is -0.459 e. The molecule has 7 nitrogen and oxygen atoms in total. The Bertz CT molecular complexity index is 705. The summed E-state index contributed by atoms with van der Waals surface area (Å²) < 4.78 is 7.64. The summed E-state index contributed by atoms with van der Waals surface area (Å²) in [5, 5.41) is 8.14. The first-order chi connectivity index (χ1) is 12.0. The Morgan fingerprint density at radius 1 is 1.36 bits per heavy atom. The molecule has 3 N–H and O–H groups in total. The highest BCUT2D eigenvalue weighted by atomic mass is 16.5. The van der Waals surface area contributed by atoms with Crippen LogP contribution in [0.25, 0.3) is 5.65 Å². The third kappa shape index (κ3) is 4.21. The number of hydrogen-bond donors (Lipinski definition) is 2. The number of nitrogen functional groups attached to an aromatic ring is 1. The van der Waals surface area contributed by atoms with Gasteiger partial charge in [-0.1, -0.05) is 13.3 Å². The van der Waals surface area contributed by atoms with E-state index in [1.807, 2.05) is 17.6 Å². The molecule has 0 radical (unpaired) electrons. The number of ether oxygens (including phenoxy) is 1. The fourth-order valence-corrected chi connectivity index (χ4v) is 3.94. The molecule has 0 aliphatic carbocycles. The van der Waals surface area contributed by atoms with Gasteiger partial charge in [-0.2, -0.15) is 4.98 Å². The molecule has 2 aromatic rings. The fraction of sp³-hybridized carbons (Fsp3) is 0.722. The van der Waals surface area contributed by atoms with Crippen molar-refractivity contribution in [2.24, 2.45) is 5.92 Å². The molecule has 3 atom stereocenters. The first-order valence-electron chi connectivity index (χ1n) is 9.39. The van der Waals surface area contributed by atoms with Crippen molar-refractivity contribution in [1.82, 2.24) is 24.9 Å². The fourth-order valence-electron chi connectivity index (χ4n) is 3.94. The third-order valence-corrected chi connectivity index (χ3v) is 4.88. The molecule has 3 rings (SSSR count). The van der Waals surface area contributed by atoms with Gasteiger partial charge in [-0.05, 0) is 52.4 Å². The molecule has 0 spiro atoms. The molecule has 1 aliphatic rings. The summed E-state index contributed by atoms with van der Waals surface area (Å²) in [5.41, 5.74) is 7.76. The van der Waals surface area contributed by atoms with Gasteiger partial charge in [-0.3, -0.25) is 0 Å². The van der Waals surface area contributed by atoms with Gasteiger partial charge in [0.05, 0.1) is 18.0 Å². The molecule has 1 saturated heterocycles. The van der Waals surface area contributed by atoms with Crippen LogP contribution < -0.4 is 15.8 Å². The van der Waals surface area contributed by atoms with Crippen molar-refractivity contribution < 1.29 is 4.74 Å². The third-order valence-electron chi connectivity index (χ3n) is 4.88. The van der Waals surface area contributed by atoms with Crippen LogP contribution in [0, 0.1) is 5.92 Å². The van der Waals surface area contributed by atoms with Crippen LogP contribution in [0.2, 0.25) is 0 Å². The average molecular weight is 346 g/mol. The molecule has 0 saturated carbocycles. The number of piperidine rings is 1. The number of nitrogens with one attached hydrogen (secondary N) is 1. The molecular weight excluding hydrogens is 316 g/mol. The molecule has 2 aromatic heterocycles. The minimum atomic E-state index is 0.0694. The Labute approximate surface area is 149 Å². The van der Waals surface area contributed by atoms with Crippen LogP contribution in [0.1, 0.15) is 59.1 Å². The molecule has 1 aliphatic heterocycles. The lowest BCUT2D eigenvalue weighted by atomic mass is 9.86. The Morgan fingerprint density at radius 2 is 2.08 bits per heavy atom. The Morgan fingerprint density at radius 3 is 2.76 bits per heavy atom. The molecule has 0 aromatic carbocycles. The molecule has 1 fully saturated rings. The molecule has 7 heteroatoms. The molecule has 2 unspecified atom stereocenters. The largest absolute Gasteiger partial charge is 0.459 e. The van der Waals surface area contributed by atoms with E-state index in [1.165, 1.54) is 0 Å². The van der Waals surface area contributed by atoms with Gasteiger partial charge < -0.3 is 15.8 Å². The average Bonchev–Trinajstić information content (AvgIpc) is 2.90. The Kier molecular flexibility index (Phi) is 5.42. The molecule has 138 valence electrons. The molecule has 0 amide bonds. The Hall–Kier alpha value is -1.89. The van der Waals surface area contributed by atoms with E-state index in [0.29, 0.717) is 35.5 Å². The van der Waals surface area contributed by atoms with Crippen LogP contribution >= 0.6 is 0 Å². The maximum Gasteiger partial charge on any atom is 0.336 e. The van der Waals surface area contributed by atoms with Gasteiger partial charge in [0, 0.05) is 12.1 Å². The first kappa shape index (κ1) is 17.9. The quantitative estimate of drug-likeness (QED) is 0.835. The van der Waals surface area contributed by atoms with Crippen molar-refractivity contribution in [2.45, 2.75) is 78.0 Å². The number of imidazole rings is 1. The van der Waals surface area contributed by atoms with Crippen molar-refractivity contribution in [3.8, 4) is 6.01 Å². The summed E-state index contributed by atoms with van der Waals surface area (Å²) in [6, 6.07) is 1.42. The predicted molar refractivity (Wildman–Crippen MR) is 98.7 cm³/mol. The van der Waals surface area contributed by atoms with E-state index in [4.69, 9.17) is 10.5 Å². The summed E-state index contributed by atoms with van der Waals surface area (Å²) in [7, 11) is 0. The minimum absolute atomic E-state index is 0.0694. The summed E-state index contributed by atoms with van der Waals surface area (Å²) in [6.45, 7) is 8.66. The van der Waals surface area contributed by atoms with E-state index in [9.17, 15) is 0 Å². The molecule has 3 heterocycles. The van der Waals surface area contributed by atoms with Crippen molar-refractivity contribution >= 4 is 11.5 Å². The second kappa shape index (κ2) is 7.56. The van der Waals surface area contributed by atoms with Gasteiger partial charge >= 0.3 is 6.01 Å². The number of hydrogen-bond acceptors (Lipinski definition) is 6. The first-order valence-corrected chi connectivity index (χ1v) is 9.39. The molecule has 25 heavy (non-hydrogen) atoms. The van der Waals surface area contributed by atoms with Crippen LogP contribution in [-0.4, -0.2) is 37.8 Å². The van der Waals surface area contributed by atoms with Crippen LogP contribution in [0.4, 0.5) is 5.82 Å². The van der Waals surface area contributed by atoms with Gasteiger partial charge in [0.1, 0.15) is 0 Å². The van der Waals surface area contributed by atoms with E-state index in [2.05, 4.69) is 41.2 Å². The predicted octanol–water partition coefficient (Wildman–Crippen LogP) is 2.59. The number of fused-ring (bicyclic) bond motifs is 1. The number of nitrogens with two attached hydrogens (primary N) is 1. The standard InChI is InChI=1S/C18H30N6O/c1-5-6-13(4)25-18-22-16(19)17-20-10-15(24(17)23-18)9-14-7-11(2)21-12(3)8-14/h10-14,21H,5-9H2,1-4H3,(H2,19,22,23)/t11?,12?,13-,14?/m0/s1. The Balaban J connectivity index is 1.82. The number of rotatable bonds is 6. The van der Waals surface area contributed by atoms with Gasteiger partial charge in [0.2, 0.25) is 0 Å². The van der Waals surface area contributed by atoms with E-state index in [0.717, 1.165) is 37.8 Å². The highest BCUT2D eigenvalue weighted by Crippen LogP contribution is 2.25. The van der Waals surface area contributed by atoms with Crippen molar-refractivity contribution in [2.75, 3.05) is 5.73 Å². The normalized spacial score (nSPS) is 25.2. The van der Waals surface area contributed by atoms with Gasteiger partial charge in [0.25, 0.3) is 0 Å². The SMILES string of the molecule is CCC[C@H](C)Oc1nc(N)c2ncc(CC3CC(C)NC(C)C3)n2n1. The highest BCUT2D eigenvalue weighted by Gasteiger charge is 2.25. The van der Waals surface area contributed by atoms with E-state index in [-0.39, 0.29) is 6.10 Å². The zero-order chi connectivity index (χ0) is 18.0. The van der Waals surface area contributed by atoms with Crippen LogP contribution in [0.3, 0.4) is 0 Å². The van der Waals surface area contributed by atoms with E-state index >= 15 is 0 Å². The maximum absolute atomic E-state index is 6.07. The molecule has 0 bridgehead atoms. The maximum atomic E-state index is 6.07. The van der Waals surface area contributed by atoms with E-state index in [1.54, 1.807) is 0 Å². The van der Waals surface area contributed by atoms with Crippen LogP contribution in [0.5, 0.6) is 6.01 Å². The van der Waals surface area contributed by atoms with Gasteiger partial charge in [-0.15, -0.1) is 5.10 Å². The van der Waals surface area contributed by atoms with Gasteiger partial charge in [-0.25, -0.2) is 9.50 Å². The highest BCUT2D eigenvalue weighted by molar-refractivity contribution is 5.59. The number of nitrogens with zero attached hydrogens (tertiary/aromatic N) is 4.